The molecule has 0 bridgehead atoms. The Morgan fingerprint density at radius 2 is 2.00 bits per heavy atom. The molecule has 0 saturated carbocycles. The molecule has 1 amide bonds. The number of carbonyl (C=O) groups is 1. The lowest BCUT2D eigenvalue weighted by atomic mass is 10.1. The normalized spacial score (nSPS) is 16.4. The molecule has 5 rings (SSSR count). The zero-order chi connectivity index (χ0) is 19.3. The lowest BCUT2D eigenvalue weighted by Crippen LogP contribution is -2.41. The summed E-state index contributed by atoms with van der Waals surface area (Å²) >= 11 is 3.42. The molecule has 140 valence electrons. The minimum atomic E-state index is -0.219. The number of amides is 1. The second-order valence-electron chi connectivity index (χ2n) is 6.58. The summed E-state index contributed by atoms with van der Waals surface area (Å²) in [5.74, 6) is 1.34. The van der Waals surface area contributed by atoms with Gasteiger partial charge in [0.1, 0.15) is 6.33 Å². The van der Waals surface area contributed by atoms with Gasteiger partial charge in [-0.3, -0.25) is 4.79 Å². The first-order valence-electron chi connectivity index (χ1n) is 8.76. The van der Waals surface area contributed by atoms with Gasteiger partial charge in [0, 0.05) is 36.2 Å². The van der Waals surface area contributed by atoms with E-state index in [-0.39, 0.29) is 11.9 Å². The predicted molar refractivity (Wildman–Crippen MR) is 103 cm³/mol. The van der Waals surface area contributed by atoms with Gasteiger partial charge in [0.25, 0.3) is 5.91 Å². The molecule has 0 aliphatic carbocycles. The van der Waals surface area contributed by atoms with Crippen LogP contribution in [0.25, 0.3) is 16.9 Å². The highest BCUT2D eigenvalue weighted by atomic mass is 79.9. The van der Waals surface area contributed by atoms with Crippen molar-refractivity contribution in [2.45, 2.75) is 19.5 Å². The third-order valence-electron chi connectivity index (χ3n) is 4.91. The fourth-order valence-electron chi connectivity index (χ4n) is 3.50. The Hall–Kier alpha value is -3.14. The van der Waals surface area contributed by atoms with Crippen molar-refractivity contribution in [1.29, 1.82) is 0 Å². The highest BCUT2D eigenvalue weighted by Gasteiger charge is 2.33. The van der Waals surface area contributed by atoms with Crippen molar-refractivity contribution in [3.05, 3.63) is 59.1 Å². The van der Waals surface area contributed by atoms with E-state index in [2.05, 4.69) is 41.2 Å². The SMILES string of the molecule is CC1c2nnc(-c3cncnc3)n2CCN1C(=O)c1cc2ccc(Br)cn2n1. The number of hydrogen-bond acceptors (Lipinski definition) is 6. The zero-order valence-electron chi connectivity index (χ0n) is 14.9. The van der Waals surface area contributed by atoms with E-state index in [4.69, 9.17) is 0 Å². The number of carbonyl (C=O) groups excluding carboxylic acids is 1. The molecule has 1 unspecified atom stereocenters. The smallest absolute Gasteiger partial charge is 0.275 e. The minimum absolute atomic E-state index is 0.119. The van der Waals surface area contributed by atoms with Gasteiger partial charge >= 0.3 is 0 Å². The number of nitrogens with zero attached hydrogens (tertiary/aromatic N) is 8. The molecule has 9 nitrogen and oxygen atoms in total. The van der Waals surface area contributed by atoms with E-state index in [9.17, 15) is 4.79 Å². The first-order chi connectivity index (χ1) is 13.6. The van der Waals surface area contributed by atoms with Gasteiger partial charge in [-0.2, -0.15) is 5.10 Å². The number of halogens is 1. The summed E-state index contributed by atoms with van der Waals surface area (Å²) in [6.07, 6.45) is 6.73. The van der Waals surface area contributed by atoms with Gasteiger partial charge in [-0.25, -0.2) is 14.5 Å². The Balaban J connectivity index is 1.46. The van der Waals surface area contributed by atoms with E-state index in [1.165, 1.54) is 6.33 Å². The first kappa shape index (κ1) is 17.0. The highest BCUT2D eigenvalue weighted by molar-refractivity contribution is 9.10. The topological polar surface area (TPSA) is 94.1 Å². The fraction of sp³-hybridized carbons (Fsp3) is 0.222. The van der Waals surface area contributed by atoms with Crippen molar-refractivity contribution in [3.63, 3.8) is 0 Å². The molecule has 0 radical (unpaired) electrons. The number of aromatic nitrogens is 7. The van der Waals surface area contributed by atoms with Crippen molar-refractivity contribution in [2.75, 3.05) is 6.54 Å². The predicted octanol–water partition coefficient (Wildman–Crippen LogP) is 2.36. The van der Waals surface area contributed by atoms with Crippen LogP contribution in [-0.2, 0) is 6.54 Å². The molecule has 28 heavy (non-hydrogen) atoms. The van der Waals surface area contributed by atoms with Crippen LogP contribution in [0.1, 0.15) is 29.3 Å². The van der Waals surface area contributed by atoms with Crippen molar-refractivity contribution >= 4 is 27.4 Å². The van der Waals surface area contributed by atoms with Crippen molar-refractivity contribution in [2.24, 2.45) is 0 Å². The van der Waals surface area contributed by atoms with Gasteiger partial charge in [-0.15, -0.1) is 10.2 Å². The van der Waals surface area contributed by atoms with E-state index < -0.39 is 0 Å². The molecular formula is C18H15BrN8O. The third-order valence-corrected chi connectivity index (χ3v) is 5.38. The van der Waals surface area contributed by atoms with Crippen LogP contribution in [0, 0.1) is 0 Å². The van der Waals surface area contributed by atoms with Gasteiger partial charge in [0.15, 0.2) is 17.3 Å². The molecule has 4 aromatic rings. The first-order valence-corrected chi connectivity index (χ1v) is 9.55. The quantitative estimate of drug-likeness (QED) is 0.476. The summed E-state index contributed by atoms with van der Waals surface area (Å²) in [6, 6.07) is 5.42. The van der Waals surface area contributed by atoms with Crippen LogP contribution in [-0.4, -0.2) is 51.7 Å². The monoisotopic (exact) mass is 438 g/mol. The Morgan fingerprint density at radius 1 is 1.18 bits per heavy atom. The molecule has 1 atom stereocenters. The van der Waals surface area contributed by atoms with Crippen LogP contribution in [0.4, 0.5) is 0 Å². The Bertz CT molecular complexity index is 1180. The highest BCUT2D eigenvalue weighted by Crippen LogP contribution is 2.29. The van der Waals surface area contributed by atoms with E-state index in [1.54, 1.807) is 27.9 Å². The van der Waals surface area contributed by atoms with Crippen LogP contribution in [0.2, 0.25) is 0 Å². The summed E-state index contributed by atoms with van der Waals surface area (Å²) in [5, 5.41) is 13.1. The van der Waals surface area contributed by atoms with E-state index >= 15 is 0 Å². The number of hydrogen-bond donors (Lipinski definition) is 0. The lowest BCUT2D eigenvalue weighted by molar-refractivity contribution is 0.0632. The van der Waals surface area contributed by atoms with Gasteiger partial charge in [-0.05, 0) is 41.1 Å². The summed E-state index contributed by atoms with van der Waals surface area (Å²) in [6.45, 7) is 3.10. The van der Waals surface area contributed by atoms with Gasteiger partial charge in [-0.1, -0.05) is 0 Å². The standard InChI is InChI=1S/C18H15BrN8O/c1-11-16-22-23-17(12-7-20-10-21-8-12)26(16)5-4-25(11)18(28)15-6-14-3-2-13(19)9-27(14)24-15/h2-3,6-11H,4-5H2,1H3. The molecule has 0 spiro atoms. The van der Waals surface area contributed by atoms with Gasteiger partial charge in [0.05, 0.1) is 17.1 Å². The van der Waals surface area contributed by atoms with Crippen LogP contribution in [0.5, 0.6) is 0 Å². The third kappa shape index (κ3) is 2.68. The lowest BCUT2D eigenvalue weighted by Gasteiger charge is -2.33. The molecule has 0 fully saturated rings. The summed E-state index contributed by atoms with van der Waals surface area (Å²) in [7, 11) is 0. The summed E-state index contributed by atoms with van der Waals surface area (Å²) in [5.41, 5.74) is 2.08. The zero-order valence-corrected chi connectivity index (χ0v) is 16.5. The van der Waals surface area contributed by atoms with Crippen LogP contribution < -0.4 is 0 Å². The Labute approximate surface area is 168 Å². The number of pyridine rings is 1. The van der Waals surface area contributed by atoms with E-state index in [0.29, 0.717) is 24.6 Å². The molecule has 1 aliphatic heterocycles. The fourth-order valence-corrected chi connectivity index (χ4v) is 3.83. The van der Waals surface area contributed by atoms with Gasteiger partial charge < -0.3 is 9.47 Å². The molecule has 10 heteroatoms. The maximum atomic E-state index is 13.1. The average molecular weight is 439 g/mol. The second kappa shape index (κ2) is 6.48. The molecule has 0 N–H and O–H groups in total. The van der Waals surface area contributed by atoms with Crippen molar-refractivity contribution in [1.82, 2.24) is 39.2 Å². The summed E-state index contributed by atoms with van der Waals surface area (Å²) < 4.78 is 4.62. The molecule has 1 aliphatic rings. The van der Waals surface area contributed by atoms with Crippen LogP contribution >= 0.6 is 15.9 Å². The van der Waals surface area contributed by atoms with Crippen LogP contribution in [0.3, 0.4) is 0 Å². The van der Waals surface area contributed by atoms with E-state index in [1.807, 2.05) is 29.8 Å². The molecular weight excluding hydrogens is 424 g/mol. The molecule has 0 saturated heterocycles. The van der Waals surface area contributed by atoms with Crippen LogP contribution in [0.15, 0.2) is 47.6 Å². The molecule has 5 heterocycles. The minimum Gasteiger partial charge on any atom is -0.325 e. The largest absolute Gasteiger partial charge is 0.325 e. The maximum Gasteiger partial charge on any atom is 0.275 e. The van der Waals surface area contributed by atoms with E-state index in [0.717, 1.165) is 21.4 Å². The van der Waals surface area contributed by atoms with Crippen molar-refractivity contribution < 1.29 is 4.79 Å². The summed E-state index contributed by atoms with van der Waals surface area (Å²) in [4.78, 5) is 23.0. The molecule has 0 aromatic carbocycles. The Kier molecular flexibility index (Phi) is 3.93. The number of fused-ring (bicyclic) bond motifs is 2. The van der Waals surface area contributed by atoms with Crippen molar-refractivity contribution in [3.8, 4) is 11.4 Å². The Morgan fingerprint density at radius 3 is 2.82 bits per heavy atom. The average Bonchev–Trinajstić information content (AvgIpc) is 3.32. The molecule has 4 aromatic heterocycles. The second-order valence-corrected chi connectivity index (χ2v) is 7.50. The van der Waals surface area contributed by atoms with Gasteiger partial charge in [0.2, 0.25) is 0 Å². The maximum absolute atomic E-state index is 13.1. The number of rotatable bonds is 2.